The van der Waals surface area contributed by atoms with Crippen molar-refractivity contribution in [2.75, 3.05) is 13.2 Å². The maximum atomic E-state index is 12.3. The Balaban J connectivity index is 1.81. The number of amides is 2. The number of hydrogen-bond donors (Lipinski definition) is 2. The molecule has 0 spiro atoms. The van der Waals surface area contributed by atoms with E-state index in [2.05, 4.69) is 17.6 Å². The minimum Gasteiger partial charge on any atom is -0.454 e. The summed E-state index contributed by atoms with van der Waals surface area (Å²) in [5, 5.41) is 5.42. The molecule has 0 heterocycles. The van der Waals surface area contributed by atoms with E-state index >= 15 is 0 Å². The number of carbonyl (C=O) groups excluding carboxylic acids is 3. The van der Waals surface area contributed by atoms with Crippen molar-refractivity contribution < 1.29 is 19.1 Å². The number of hydrogen-bond acceptors (Lipinski definition) is 4. The molecule has 160 valence electrons. The van der Waals surface area contributed by atoms with Gasteiger partial charge >= 0.3 is 5.97 Å². The summed E-state index contributed by atoms with van der Waals surface area (Å²) >= 11 is 0. The van der Waals surface area contributed by atoms with Gasteiger partial charge in [0.25, 0.3) is 11.8 Å². The second-order valence-electron chi connectivity index (χ2n) is 7.60. The van der Waals surface area contributed by atoms with Gasteiger partial charge in [0.2, 0.25) is 0 Å². The summed E-state index contributed by atoms with van der Waals surface area (Å²) in [5.74, 6) is -1.24. The van der Waals surface area contributed by atoms with Gasteiger partial charge in [0.1, 0.15) is 6.54 Å². The fraction of sp³-hybridized carbons (Fsp3) is 0.375. The Bertz CT molecular complexity index is 875. The number of benzene rings is 2. The minimum atomic E-state index is -0.667. The summed E-state index contributed by atoms with van der Waals surface area (Å²) in [6.45, 7) is 7.32. The lowest BCUT2D eigenvalue weighted by molar-refractivity contribution is -0.147. The molecule has 6 heteroatoms. The maximum Gasteiger partial charge on any atom is 0.325 e. The van der Waals surface area contributed by atoms with Gasteiger partial charge in [0, 0.05) is 5.56 Å². The van der Waals surface area contributed by atoms with E-state index in [1.54, 1.807) is 18.2 Å². The van der Waals surface area contributed by atoms with Gasteiger partial charge < -0.3 is 15.4 Å². The second kappa shape index (κ2) is 11.1. The molecule has 6 nitrogen and oxygen atoms in total. The molecule has 0 aliphatic heterocycles. The van der Waals surface area contributed by atoms with Crippen molar-refractivity contribution in [2.45, 2.75) is 40.2 Å². The quantitative estimate of drug-likeness (QED) is 0.621. The van der Waals surface area contributed by atoms with E-state index in [-0.39, 0.29) is 30.3 Å². The van der Waals surface area contributed by atoms with Crippen molar-refractivity contribution in [3.05, 3.63) is 70.8 Å². The molecule has 2 N–H and O–H groups in total. The summed E-state index contributed by atoms with van der Waals surface area (Å²) in [7, 11) is 0. The first-order valence-electron chi connectivity index (χ1n) is 10.2. The van der Waals surface area contributed by atoms with E-state index in [4.69, 9.17) is 4.74 Å². The Labute approximate surface area is 178 Å². The largest absolute Gasteiger partial charge is 0.454 e. The number of aryl methyl sites for hydroxylation is 2. The number of rotatable bonds is 9. The highest BCUT2D eigenvalue weighted by atomic mass is 16.5. The van der Waals surface area contributed by atoms with Crippen LogP contribution in [0.4, 0.5) is 0 Å². The first-order chi connectivity index (χ1) is 14.3. The smallest absolute Gasteiger partial charge is 0.325 e. The molecule has 0 saturated heterocycles. The zero-order valence-electron chi connectivity index (χ0n) is 18.0. The van der Waals surface area contributed by atoms with Crippen molar-refractivity contribution in [1.82, 2.24) is 10.6 Å². The van der Waals surface area contributed by atoms with Crippen LogP contribution >= 0.6 is 0 Å². The molecule has 2 aromatic rings. The molecular weight excluding hydrogens is 380 g/mol. The van der Waals surface area contributed by atoms with Gasteiger partial charge in [-0.05, 0) is 42.5 Å². The van der Waals surface area contributed by atoms with Crippen LogP contribution in [-0.4, -0.2) is 30.9 Å². The third-order valence-corrected chi connectivity index (χ3v) is 4.77. The van der Waals surface area contributed by atoms with Crippen molar-refractivity contribution in [3.63, 3.8) is 0 Å². The highest BCUT2D eigenvalue weighted by Crippen LogP contribution is 2.22. The molecule has 2 amide bonds. The van der Waals surface area contributed by atoms with Crippen LogP contribution in [0.5, 0.6) is 0 Å². The Morgan fingerprint density at radius 3 is 2.33 bits per heavy atom. The lowest BCUT2D eigenvalue weighted by Gasteiger charge is -2.23. The SMILES string of the molecule is CCc1ccc([C@H](NC(=O)COC(=O)CNC(=O)c2cccc(C)c2)C(C)C)cc1. The van der Waals surface area contributed by atoms with Crippen LogP contribution in [0.3, 0.4) is 0 Å². The standard InChI is InChI=1S/C24H30N2O4/c1-5-18-9-11-19(12-10-18)23(16(2)3)26-21(27)15-30-22(28)14-25-24(29)20-8-6-7-17(4)13-20/h6-13,16,23H,5,14-15H2,1-4H3,(H,25,29)(H,26,27)/t23-/m1/s1. The molecule has 1 atom stereocenters. The zero-order chi connectivity index (χ0) is 22.1. The topological polar surface area (TPSA) is 84.5 Å². The van der Waals surface area contributed by atoms with Gasteiger partial charge in [0.15, 0.2) is 6.61 Å². The molecule has 0 fully saturated rings. The Morgan fingerprint density at radius 1 is 1.03 bits per heavy atom. The van der Waals surface area contributed by atoms with E-state index in [0.717, 1.165) is 17.5 Å². The van der Waals surface area contributed by atoms with Gasteiger partial charge in [-0.2, -0.15) is 0 Å². The number of nitrogens with one attached hydrogen (secondary N) is 2. The molecule has 0 unspecified atom stereocenters. The highest BCUT2D eigenvalue weighted by Gasteiger charge is 2.19. The molecule has 0 aliphatic carbocycles. The molecule has 2 aromatic carbocycles. The first-order valence-corrected chi connectivity index (χ1v) is 10.2. The Hall–Kier alpha value is -3.15. The third kappa shape index (κ3) is 7.03. The average molecular weight is 411 g/mol. The Morgan fingerprint density at radius 2 is 1.73 bits per heavy atom. The van der Waals surface area contributed by atoms with Gasteiger partial charge in [-0.25, -0.2) is 0 Å². The van der Waals surface area contributed by atoms with Crippen LogP contribution in [0.1, 0.15) is 53.9 Å². The van der Waals surface area contributed by atoms with Crippen LogP contribution in [0.2, 0.25) is 0 Å². The van der Waals surface area contributed by atoms with Gasteiger partial charge in [-0.15, -0.1) is 0 Å². The molecule has 2 rings (SSSR count). The molecular formula is C24H30N2O4. The molecule has 0 bridgehead atoms. The summed E-state index contributed by atoms with van der Waals surface area (Å²) in [4.78, 5) is 36.2. The minimum absolute atomic E-state index is 0.172. The predicted octanol–water partition coefficient (Wildman–Crippen LogP) is 3.34. The van der Waals surface area contributed by atoms with E-state index < -0.39 is 12.6 Å². The van der Waals surface area contributed by atoms with Crippen molar-refractivity contribution in [3.8, 4) is 0 Å². The molecule has 0 aromatic heterocycles. The number of esters is 1. The molecule has 30 heavy (non-hydrogen) atoms. The van der Waals surface area contributed by atoms with Crippen LogP contribution in [0.25, 0.3) is 0 Å². The van der Waals surface area contributed by atoms with Crippen LogP contribution < -0.4 is 10.6 Å². The van der Waals surface area contributed by atoms with Crippen LogP contribution in [-0.2, 0) is 20.7 Å². The fourth-order valence-corrected chi connectivity index (χ4v) is 3.05. The van der Waals surface area contributed by atoms with Crippen molar-refractivity contribution in [1.29, 1.82) is 0 Å². The second-order valence-corrected chi connectivity index (χ2v) is 7.60. The lowest BCUT2D eigenvalue weighted by atomic mass is 9.95. The monoisotopic (exact) mass is 410 g/mol. The normalized spacial score (nSPS) is 11.6. The van der Waals surface area contributed by atoms with Gasteiger partial charge in [0.05, 0.1) is 6.04 Å². The molecule has 0 radical (unpaired) electrons. The Kier molecular flexibility index (Phi) is 8.59. The third-order valence-electron chi connectivity index (χ3n) is 4.77. The van der Waals surface area contributed by atoms with Crippen molar-refractivity contribution in [2.24, 2.45) is 5.92 Å². The van der Waals surface area contributed by atoms with Crippen LogP contribution in [0.15, 0.2) is 48.5 Å². The van der Waals surface area contributed by atoms with Crippen molar-refractivity contribution >= 4 is 17.8 Å². The molecule has 0 saturated carbocycles. The first kappa shape index (κ1) is 23.1. The van der Waals surface area contributed by atoms with E-state index in [1.807, 2.05) is 51.1 Å². The van der Waals surface area contributed by atoms with Gasteiger partial charge in [-0.3, -0.25) is 14.4 Å². The number of carbonyl (C=O) groups is 3. The fourth-order valence-electron chi connectivity index (χ4n) is 3.05. The van der Waals surface area contributed by atoms with E-state index in [0.29, 0.717) is 5.56 Å². The summed E-state index contributed by atoms with van der Waals surface area (Å²) in [5.41, 5.74) is 3.65. The highest BCUT2D eigenvalue weighted by molar-refractivity contribution is 5.96. The van der Waals surface area contributed by atoms with E-state index in [1.165, 1.54) is 5.56 Å². The maximum absolute atomic E-state index is 12.3. The lowest BCUT2D eigenvalue weighted by Crippen LogP contribution is -2.36. The predicted molar refractivity (Wildman–Crippen MR) is 116 cm³/mol. The summed E-state index contributed by atoms with van der Waals surface area (Å²) in [6, 6.07) is 15.0. The summed E-state index contributed by atoms with van der Waals surface area (Å²) in [6.07, 6.45) is 0.954. The summed E-state index contributed by atoms with van der Waals surface area (Å²) < 4.78 is 5.00. The van der Waals surface area contributed by atoms with E-state index in [9.17, 15) is 14.4 Å². The van der Waals surface area contributed by atoms with Crippen LogP contribution in [0, 0.1) is 12.8 Å². The van der Waals surface area contributed by atoms with Gasteiger partial charge in [-0.1, -0.05) is 62.7 Å². The number of ether oxygens (including phenoxy) is 1. The zero-order valence-corrected chi connectivity index (χ0v) is 18.0. The molecule has 0 aliphatic rings. The average Bonchev–Trinajstić information content (AvgIpc) is 2.74.